The Balaban J connectivity index is 1.86. The molecule has 1 aromatic rings. The van der Waals surface area contributed by atoms with Gasteiger partial charge in [-0.25, -0.2) is 0 Å². The third-order valence-corrected chi connectivity index (χ3v) is 2.78. The zero-order chi connectivity index (χ0) is 11.4. The van der Waals surface area contributed by atoms with Crippen molar-refractivity contribution in [2.24, 2.45) is 5.92 Å². The maximum absolute atomic E-state index is 5.33. The number of ether oxygens (including phenoxy) is 1. The third-order valence-electron chi connectivity index (χ3n) is 2.78. The number of hydrogen-bond donors (Lipinski definition) is 1. The molecule has 2 heterocycles. The zero-order valence-corrected chi connectivity index (χ0v) is 10.1. The maximum Gasteiger partial charge on any atom is 0.0728 e. The molecule has 1 aromatic heterocycles. The molecule has 4 nitrogen and oxygen atoms in total. The van der Waals surface area contributed by atoms with Crippen LogP contribution in [0.2, 0.25) is 0 Å². The van der Waals surface area contributed by atoms with Gasteiger partial charge in [0.25, 0.3) is 0 Å². The second-order valence-electron chi connectivity index (χ2n) is 4.88. The van der Waals surface area contributed by atoms with Crippen LogP contribution in [-0.2, 0) is 11.3 Å². The van der Waals surface area contributed by atoms with Gasteiger partial charge in [-0.3, -0.25) is 4.68 Å². The molecule has 1 N–H and O–H groups in total. The van der Waals surface area contributed by atoms with Crippen LogP contribution in [0.1, 0.15) is 26.7 Å². The molecule has 4 heteroatoms. The average molecular weight is 223 g/mol. The van der Waals surface area contributed by atoms with Gasteiger partial charge in [-0.05, 0) is 18.8 Å². The lowest BCUT2D eigenvalue weighted by Gasteiger charge is -2.23. The van der Waals surface area contributed by atoms with Crippen molar-refractivity contribution in [2.45, 2.75) is 39.3 Å². The topological polar surface area (TPSA) is 39.1 Å². The van der Waals surface area contributed by atoms with E-state index < -0.39 is 0 Å². The highest BCUT2D eigenvalue weighted by Gasteiger charge is 2.13. The Bertz CT molecular complexity index is 316. The van der Waals surface area contributed by atoms with E-state index in [2.05, 4.69) is 30.5 Å². The average Bonchev–Trinajstić information content (AvgIpc) is 2.66. The Morgan fingerprint density at radius 3 is 2.94 bits per heavy atom. The van der Waals surface area contributed by atoms with Gasteiger partial charge in [0.2, 0.25) is 0 Å². The van der Waals surface area contributed by atoms with Crippen molar-refractivity contribution in [3.8, 4) is 0 Å². The number of nitrogens with one attached hydrogen (secondary N) is 1. The Kier molecular flexibility index (Phi) is 3.83. The summed E-state index contributed by atoms with van der Waals surface area (Å²) in [5, 5.41) is 7.86. The van der Waals surface area contributed by atoms with E-state index in [1.54, 1.807) is 0 Å². The molecule has 90 valence electrons. The van der Waals surface area contributed by atoms with E-state index in [0.29, 0.717) is 12.0 Å². The van der Waals surface area contributed by atoms with Gasteiger partial charge in [0, 0.05) is 32.0 Å². The molecule has 0 bridgehead atoms. The van der Waals surface area contributed by atoms with Crippen molar-refractivity contribution in [1.29, 1.82) is 0 Å². The molecule has 0 aliphatic carbocycles. The summed E-state index contributed by atoms with van der Waals surface area (Å²) in [6.45, 7) is 7.13. The van der Waals surface area contributed by atoms with E-state index in [4.69, 9.17) is 4.74 Å². The van der Waals surface area contributed by atoms with Crippen LogP contribution in [0, 0.1) is 5.92 Å². The van der Waals surface area contributed by atoms with Crippen LogP contribution in [0.5, 0.6) is 0 Å². The monoisotopic (exact) mass is 223 g/mol. The number of hydrogen-bond acceptors (Lipinski definition) is 3. The molecule has 0 spiro atoms. The van der Waals surface area contributed by atoms with Crippen molar-refractivity contribution < 1.29 is 4.74 Å². The first-order chi connectivity index (χ1) is 7.74. The molecule has 0 saturated carbocycles. The van der Waals surface area contributed by atoms with Crippen LogP contribution < -0.4 is 5.32 Å². The molecule has 1 fully saturated rings. The van der Waals surface area contributed by atoms with Crippen molar-refractivity contribution in [3.05, 3.63) is 12.4 Å². The van der Waals surface area contributed by atoms with E-state index in [9.17, 15) is 0 Å². The van der Waals surface area contributed by atoms with Crippen LogP contribution in [0.4, 0.5) is 5.69 Å². The first-order valence-corrected chi connectivity index (χ1v) is 6.11. The van der Waals surface area contributed by atoms with E-state index in [1.807, 2.05) is 10.9 Å². The first-order valence-electron chi connectivity index (χ1n) is 6.11. The van der Waals surface area contributed by atoms with E-state index in [-0.39, 0.29) is 0 Å². The fourth-order valence-electron chi connectivity index (χ4n) is 1.99. The Morgan fingerprint density at radius 2 is 2.25 bits per heavy atom. The van der Waals surface area contributed by atoms with Crippen molar-refractivity contribution in [3.63, 3.8) is 0 Å². The second-order valence-corrected chi connectivity index (χ2v) is 4.88. The highest BCUT2D eigenvalue weighted by atomic mass is 16.5. The fraction of sp³-hybridized carbons (Fsp3) is 0.750. The minimum atomic E-state index is 0.547. The molecule has 1 saturated heterocycles. The zero-order valence-electron chi connectivity index (χ0n) is 10.1. The minimum Gasteiger partial charge on any atom is -0.381 e. The van der Waals surface area contributed by atoms with Crippen LogP contribution in [0.25, 0.3) is 0 Å². The summed E-state index contributed by atoms with van der Waals surface area (Å²) in [6, 6.07) is 0.547. The lowest BCUT2D eigenvalue weighted by Crippen LogP contribution is -2.27. The molecule has 0 amide bonds. The number of nitrogens with zero attached hydrogens (tertiary/aromatic N) is 2. The number of aromatic nitrogens is 2. The van der Waals surface area contributed by atoms with Gasteiger partial charge in [-0.15, -0.1) is 0 Å². The predicted octanol–water partition coefficient (Wildman–Crippen LogP) is 2.13. The smallest absolute Gasteiger partial charge is 0.0728 e. The molecule has 1 aliphatic heterocycles. The molecular formula is C12H21N3O. The molecular weight excluding hydrogens is 202 g/mol. The summed E-state index contributed by atoms with van der Waals surface area (Å²) in [5.41, 5.74) is 1.13. The summed E-state index contributed by atoms with van der Waals surface area (Å²) in [5.74, 6) is 0.635. The van der Waals surface area contributed by atoms with E-state index in [1.165, 1.54) is 0 Å². The highest BCUT2D eigenvalue weighted by Crippen LogP contribution is 2.14. The third kappa shape index (κ3) is 3.23. The number of anilines is 1. The van der Waals surface area contributed by atoms with Crippen molar-refractivity contribution >= 4 is 5.69 Å². The van der Waals surface area contributed by atoms with Gasteiger partial charge in [-0.2, -0.15) is 5.10 Å². The van der Waals surface area contributed by atoms with Gasteiger partial charge in [0.15, 0.2) is 0 Å². The van der Waals surface area contributed by atoms with Gasteiger partial charge < -0.3 is 10.1 Å². The first kappa shape index (κ1) is 11.5. The standard InChI is InChI=1S/C12H21N3O/c1-10(2)8-15-9-12(7-13-15)14-11-3-5-16-6-4-11/h7,9-11,14H,3-6,8H2,1-2H3. The molecule has 2 rings (SSSR count). The molecule has 16 heavy (non-hydrogen) atoms. The normalized spacial score (nSPS) is 17.9. The predicted molar refractivity (Wildman–Crippen MR) is 64.5 cm³/mol. The van der Waals surface area contributed by atoms with Crippen molar-refractivity contribution in [1.82, 2.24) is 9.78 Å². The van der Waals surface area contributed by atoms with Crippen LogP contribution in [-0.4, -0.2) is 29.0 Å². The Labute approximate surface area is 97.0 Å². The van der Waals surface area contributed by atoms with Gasteiger partial charge >= 0.3 is 0 Å². The highest BCUT2D eigenvalue weighted by molar-refractivity contribution is 5.39. The van der Waals surface area contributed by atoms with Gasteiger partial charge in [0.05, 0.1) is 11.9 Å². The summed E-state index contributed by atoms with van der Waals surface area (Å²) in [4.78, 5) is 0. The van der Waals surface area contributed by atoms with Gasteiger partial charge in [-0.1, -0.05) is 13.8 Å². The summed E-state index contributed by atoms with van der Waals surface area (Å²) in [7, 11) is 0. The van der Waals surface area contributed by atoms with E-state index in [0.717, 1.165) is 38.3 Å². The Hall–Kier alpha value is -1.03. The van der Waals surface area contributed by atoms with E-state index >= 15 is 0 Å². The Morgan fingerprint density at radius 1 is 1.50 bits per heavy atom. The van der Waals surface area contributed by atoms with Crippen LogP contribution in [0.3, 0.4) is 0 Å². The quantitative estimate of drug-likeness (QED) is 0.850. The fourth-order valence-corrected chi connectivity index (χ4v) is 1.99. The van der Waals surface area contributed by atoms with Crippen LogP contribution >= 0.6 is 0 Å². The van der Waals surface area contributed by atoms with Gasteiger partial charge in [0.1, 0.15) is 0 Å². The summed E-state index contributed by atoms with van der Waals surface area (Å²) < 4.78 is 7.34. The molecule has 0 atom stereocenters. The summed E-state index contributed by atoms with van der Waals surface area (Å²) in [6.07, 6.45) is 6.19. The molecule has 0 unspecified atom stereocenters. The molecule has 1 aliphatic rings. The molecule has 0 radical (unpaired) electrons. The van der Waals surface area contributed by atoms with Crippen LogP contribution in [0.15, 0.2) is 12.4 Å². The SMILES string of the molecule is CC(C)Cn1cc(NC2CCOCC2)cn1. The van der Waals surface area contributed by atoms with Crippen molar-refractivity contribution in [2.75, 3.05) is 18.5 Å². The summed E-state index contributed by atoms with van der Waals surface area (Å²) >= 11 is 0. The largest absolute Gasteiger partial charge is 0.381 e. The molecule has 0 aromatic carbocycles. The lowest BCUT2D eigenvalue weighted by atomic mass is 10.1. The maximum atomic E-state index is 5.33. The number of rotatable bonds is 4. The second kappa shape index (κ2) is 5.34. The lowest BCUT2D eigenvalue weighted by molar-refractivity contribution is 0.0904. The minimum absolute atomic E-state index is 0.547.